The van der Waals surface area contributed by atoms with Gasteiger partial charge >= 0.3 is 0 Å². The average Bonchev–Trinajstić information content (AvgIpc) is 3.45. The lowest BCUT2D eigenvalue weighted by Crippen LogP contribution is -2.43. The molecular weight excluding hydrogens is 480 g/mol. The summed E-state index contributed by atoms with van der Waals surface area (Å²) < 4.78 is 27.3. The van der Waals surface area contributed by atoms with Crippen LogP contribution >= 0.6 is 0 Å². The van der Waals surface area contributed by atoms with Gasteiger partial charge in [-0.25, -0.2) is 8.42 Å². The predicted octanol–water partition coefficient (Wildman–Crippen LogP) is 2.35. The number of carbonyl (C=O) groups excluding carboxylic acids is 3. The fourth-order valence-electron chi connectivity index (χ4n) is 4.88. The van der Waals surface area contributed by atoms with Crippen LogP contribution in [0.5, 0.6) is 0 Å². The third-order valence-corrected chi connectivity index (χ3v) is 8.74. The number of Topliss-reactive ketones (excluding diaryl/α,β-unsaturated/α-hetero) is 1. The van der Waals surface area contributed by atoms with Gasteiger partial charge in [0.05, 0.1) is 12.6 Å². The molecule has 2 fully saturated rings. The van der Waals surface area contributed by atoms with Crippen molar-refractivity contribution >= 4 is 27.6 Å². The molecule has 1 N–H and O–H groups in total. The lowest BCUT2D eigenvalue weighted by atomic mass is 10.0. The molecule has 0 radical (unpaired) electrons. The maximum Gasteiger partial charge on any atom is 0.251 e. The average molecular weight is 513 g/mol. The number of benzene rings is 1. The highest BCUT2D eigenvalue weighted by atomic mass is 32.2. The molecule has 0 aliphatic carbocycles. The molecule has 2 unspecified atom stereocenters. The summed E-state index contributed by atoms with van der Waals surface area (Å²) in [4.78, 5) is 43.4. The Hall–Kier alpha value is -3.11. The Morgan fingerprint density at radius 2 is 1.89 bits per heavy atom. The van der Waals surface area contributed by atoms with Gasteiger partial charge < -0.3 is 10.2 Å². The van der Waals surface area contributed by atoms with Crippen LogP contribution < -0.4 is 5.32 Å². The quantitative estimate of drug-likeness (QED) is 0.516. The van der Waals surface area contributed by atoms with Gasteiger partial charge in [-0.1, -0.05) is 26.0 Å². The van der Waals surface area contributed by atoms with E-state index in [9.17, 15) is 22.8 Å². The summed E-state index contributed by atoms with van der Waals surface area (Å²) in [7, 11) is -3.87. The molecular formula is C26H32N4O5S. The van der Waals surface area contributed by atoms with Crippen molar-refractivity contribution in [2.45, 2.75) is 62.4 Å². The van der Waals surface area contributed by atoms with Gasteiger partial charge in [-0.05, 0) is 55.0 Å². The summed E-state index contributed by atoms with van der Waals surface area (Å²) in [6, 6.07) is 9.24. The third kappa shape index (κ3) is 5.34. The summed E-state index contributed by atoms with van der Waals surface area (Å²) in [6.45, 7) is 4.76. The van der Waals surface area contributed by atoms with Crippen molar-refractivity contribution in [2.75, 3.05) is 19.6 Å². The zero-order chi connectivity index (χ0) is 25.9. The SMILES string of the molecule is CC(C)c1ccc(C(=O)NCCCCC(=O)N2CCC3C2C(=O)CN3S(=O)(=O)c2cccnc2)cc1. The molecule has 2 aromatic rings. The largest absolute Gasteiger partial charge is 0.352 e. The smallest absolute Gasteiger partial charge is 0.251 e. The number of sulfonamides is 1. The summed E-state index contributed by atoms with van der Waals surface area (Å²) >= 11 is 0. The number of nitrogens with one attached hydrogen (secondary N) is 1. The fourth-order valence-corrected chi connectivity index (χ4v) is 6.47. The van der Waals surface area contributed by atoms with Gasteiger partial charge in [-0.15, -0.1) is 0 Å². The number of fused-ring (bicyclic) bond motifs is 1. The van der Waals surface area contributed by atoms with Gasteiger partial charge in [0.25, 0.3) is 5.91 Å². The number of likely N-dealkylation sites (tertiary alicyclic amines) is 1. The van der Waals surface area contributed by atoms with E-state index in [4.69, 9.17) is 0 Å². The van der Waals surface area contributed by atoms with E-state index in [0.717, 1.165) is 0 Å². The Morgan fingerprint density at radius 1 is 1.14 bits per heavy atom. The molecule has 0 spiro atoms. The molecule has 0 bridgehead atoms. The molecule has 1 aromatic carbocycles. The van der Waals surface area contributed by atoms with Crippen LogP contribution in [0.15, 0.2) is 53.7 Å². The number of carbonyl (C=O) groups is 3. The Bertz CT molecular complexity index is 1210. The number of amides is 2. The summed E-state index contributed by atoms with van der Waals surface area (Å²) in [5.74, 6) is -0.162. The van der Waals surface area contributed by atoms with Crippen molar-refractivity contribution in [2.24, 2.45) is 0 Å². The van der Waals surface area contributed by atoms with Crippen LogP contribution in [0.4, 0.5) is 0 Å². The molecule has 36 heavy (non-hydrogen) atoms. The molecule has 2 saturated heterocycles. The summed E-state index contributed by atoms with van der Waals surface area (Å²) in [6.07, 6.45) is 4.61. The first kappa shape index (κ1) is 26.0. The van der Waals surface area contributed by atoms with Crippen molar-refractivity contribution < 1.29 is 22.8 Å². The van der Waals surface area contributed by atoms with Crippen LogP contribution in [-0.2, 0) is 19.6 Å². The van der Waals surface area contributed by atoms with Crippen molar-refractivity contribution in [3.63, 3.8) is 0 Å². The molecule has 2 amide bonds. The van der Waals surface area contributed by atoms with Crippen molar-refractivity contribution in [3.05, 3.63) is 59.9 Å². The number of hydrogen-bond acceptors (Lipinski definition) is 6. The molecule has 3 heterocycles. The standard InChI is InChI=1S/C26H32N4O5S/c1-18(2)19-8-10-20(11-9-19)26(33)28-14-4-3-7-24(32)29-15-12-22-25(29)23(31)17-30(22)36(34,35)21-6-5-13-27-16-21/h5-6,8-11,13,16,18,22,25H,3-4,7,12,14-15,17H2,1-2H3,(H,28,33). The van der Waals surface area contributed by atoms with Crippen LogP contribution in [0.3, 0.4) is 0 Å². The Morgan fingerprint density at radius 3 is 2.56 bits per heavy atom. The first-order valence-electron chi connectivity index (χ1n) is 12.3. The Balaban J connectivity index is 1.25. The summed E-state index contributed by atoms with van der Waals surface area (Å²) in [5, 5.41) is 2.88. The predicted molar refractivity (Wildman–Crippen MR) is 134 cm³/mol. The van der Waals surface area contributed by atoms with Gasteiger partial charge in [-0.2, -0.15) is 4.31 Å². The second-order valence-electron chi connectivity index (χ2n) is 9.58. The third-order valence-electron chi connectivity index (χ3n) is 6.88. The molecule has 2 aliphatic rings. The number of aromatic nitrogens is 1. The van der Waals surface area contributed by atoms with Crippen molar-refractivity contribution in [3.8, 4) is 0 Å². The highest BCUT2D eigenvalue weighted by Crippen LogP contribution is 2.34. The number of rotatable bonds is 9. The van der Waals surface area contributed by atoms with Crippen LogP contribution in [0.2, 0.25) is 0 Å². The second-order valence-corrected chi connectivity index (χ2v) is 11.5. The van der Waals surface area contributed by atoms with E-state index in [1.165, 1.54) is 39.3 Å². The molecule has 0 saturated carbocycles. The van der Waals surface area contributed by atoms with Crippen molar-refractivity contribution in [1.29, 1.82) is 0 Å². The zero-order valence-electron chi connectivity index (χ0n) is 20.6. The minimum atomic E-state index is -3.87. The first-order chi connectivity index (χ1) is 17.2. The van der Waals surface area contributed by atoms with Crippen LogP contribution in [-0.4, -0.2) is 71.9 Å². The van der Waals surface area contributed by atoms with E-state index in [0.29, 0.717) is 43.8 Å². The maximum atomic E-state index is 13.0. The van der Waals surface area contributed by atoms with Crippen LogP contribution in [0, 0.1) is 0 Å². The lowest BCUT2D eigenvalue weighted by molar-refractivity contribution is -0.136. The molecule has 9 nitrogen and oxygen atoms in total. The molecule has 10 heteroatoms. The van der Waals surface area contributed by atoms with Gasteiger partial charge in [0.1, 0.15) is 10.9 Å². The highest BCUT2D eigenvalue weighted by Gasteiger charge is 2.53. The first-order valence-corrected chi connectivity index (χ1v) is 13.8. The lowest BCUT2D eigenvalue weighted by Gasteiger charge is -2.24. The second kappa shape index (κ2) is 10.9. The Kier molecular flexibility index (Phi) is 7.85. The number of nitrogens with zero attached hydrogens (tertiary/aromatic N) is 3. The Labute approximate surface area is 211 Å². The summed E-state index contributed by atoms with van der Waals surface area (Å²) in [5.41, 5.74) is 1.77. The minimum Gasteiger partial charge on any atom is -0.352 e. The normalized spacial score (nSPS) is 20.1. The van der Waals surface area contributed by atoms with Crippen LogP contribution in [0.25, 0.3) is 0 Å². The van der Waals surface area contributed by atoms with Gasteiger partial charge in [0.2, 0.25) is 15.9 Å². The van der Waals surface area contributed by atoms with E-state index in [1.54, 1.807) is 0 Å². The topological polar surface area (TPSA) is 117 Å². The molecule has 4 rings (SSSR count). The van der Waals surface area contributed by atoms with Gasteiger partial charge in [0, 0.05) is 37.5 Å². The molecule has 2 aliphatic heterocycles. The number of pyridine rings is 1. The van der Waals surface area contributed by atoms with E-state index >= 15 is 0 Å². The van der Waals surface area contributed by atoms with Crippen molar-refractivity contribution in [1.82, 2.24) is 19.5 Å². The maximum absolute atomic E-state index is 13.0. The number of hydrogen-bond donors (Lipinski definition) is 1. The van der Waals surface area contributed by atoms with E-state index in [1.807, 2.05) is 24.3 Å². The zero-order valence-corrected chi connectivity index (χ0v) is 21.4. The highest BCUT2D eigenvalue weighted by molar-refractivity contribution is 7.89. The molecule has 2 atom stereocenters. The fraction of sp³-hybridized carbons (Fsp3) is 0.462. The molecule has 1 aromatic heterocycles. The molecule has 192 valence electrons. The number of ketones is 1. The van der Waals surface area contributed by atoms with E-state index in [2.05, 4.69) is 24.1 Å². The van der Waals surface area contributed by atoms with Crippen LogP contribution in [0.1, 0.15) is 61.4 Å². The van der Waals surface area contributed by atoms with E-state index < -0.39 is 22.1 Å². The van der Waals surface area contributed by atoms with Gasteiger partial charge in [0.15, 0.2) is 5.78 Å². The minimum absolute atomic E-state index is 0.0427. The number of unbranched alkanes of at least 4 members (excludes halogenated alkanes) is 1. The monoisotopic (exact) mass is 512 g/mol. The van der Waals surface area contributed by atoms with E-state index in [-0.39, 0.29) is 35.5 Å². The van der Waals surface area contributed by atoms with Gasteiger partial charge in [-0.3, -0.25) is 19.4 Å².